The van der Waals surface area contributed by atoms with Gasteiger partial charge < -0.3 is 33.2 Å². The van der Waals surface area contributed by atoms with Gasteiger partial charge in [-0.25, -0.2) is 4.89 Å². The average Bonchev–Trinajstić information content (AvgIpc) is 2.95. The first-order chi connectivity index (χ1) is 21.5. The second-order valence-electron chi connectivity index (χ2n) is 14.8. The average molecular weight is 665 g/mol. The molecule has 0 fully saturated rings. The second kappa shape index (κ2) is 23.1. The molecule has 0 saturated carbocycles. The van der Waals surface area contributed by atoms with E-state index in [1.807, 2.05) is 48.5 Å². The van der Waals surface area contributed by atoms with E-state index in [1.165, 1.54) is 0 Å². The van der Waals surface area contributed by atoms with Crippen molar-refractivity contribution in [1.29, 1.82) is 0 Å². The van der Waals surface area contributed by atoms with Gasteiger partial charge in [-0.3, -0.25) is 0 Å². The minimum Gasteiger partial charge on any atom is -0.351 e. The Hall–Kier alpha value is -0.360. The summed E-state index contributed by atoms with van der Waals surface area (Å²) in [7, 11) is 0. The van der Waals surface area contributed by atoms with Gasteiger partial charge in [0.15, 0.2) is 11.7 Å². The molecule has 0 heterocycles. The van der Waals surface area contributed by atoms with Crippen LogP contribution in [0.25, 0.3) is 0 Å². The Morgan fingerprint density at radius 1 is 0.609 bits per heavy atom. The molecule has 0 radical (unpaired) electrons. The van der Waals surface area contributed by atoms with Crippen LogP contribution < -0.4 is 0 Å². The first-order valence-corrected chi connectivity index (χ1v) is 18.4. The van der Waals surface area contributed by atoms with Gasteiger partial charge in [-0.2, -0.15) is 4.89 Å². The van der Waals surface area contributed by atoms with Crippen LogP contribution in [0.4, 0.5) is 0 Å². The topological polar surface area (TPSA) is 83.1 Å². The predicted octanol–water partition coefficient (Wildman–Crippen LogP) is 9.80. The molecule has 0 rings (SSSR count). The molecule has 278 valence electrons. The van der Waals surface area contributed by atoms with Crippen LogP contribution in [0.5, 0.6) is 0 Å². The lowest BCUT2D eigenvalue weighted by atomic mass is 9.81. The van der Waals surface area contributed by atoms with Crippen molar-refractivity contribution in [2.45, 2.75) is 191 Å². The highest BCUT2D eigenvalue weighted by Crippen LogP contribution is 2.55. The molecule has 0 aliphatic rings. The third-order valence-electron chi connectivity index (χ3n) is 7.37. The summed E-state index contributed by atoms with van der Waals surface area (Å²) in [4.78, 5) is 12.6. The van der Waals surface area contributed by atoms with E-state index in [2.05, 4.69) is 55.4 Å². The Balaban J connectivity index is 8.09. The molecular weight excluding hydrogens is 588 g/mol. The summed E-state index contributed by atoms with van der Waals surface area (Å²) in [5, 5.41) is 0. The molecule has 0 spiro atoms. The summed E-state index contributed by atoms with van der Waals surface area (Å²) in [5.41, 5.74) is -2.34. The zero-order valence-electron chi connectivity index (χ0n) is 32.8. The summed E-state index contributed by atoms with van der Waals surface area (Å²) < 4.78 is 48.0. The van der Waals surface area contributed by atoms with Crippen LogP contribution in [0.1, 0.15) is 155 Å². The summed E-state index contributed by atoms with van der Waals surface area (Å²) in [6, 6.07) is 0. The van der Waals surface area contributed by atoms with Crippen LogP contribution in [-0.4, -0.2) is 69.1 Å². The predicted molar refractivity (Wildman–Crippen MR) is 185 cm³/mol. The molecule has 0 aromatic rings. The van der Waals surface area contributed by atoms with Crippen molar-refractivity contribution in [2.24, 2.45) is 17.3 Å². The van der Waals surface area contributed by atoms with Crippen molar-refractivity contribution in [2.75, 3.05) is 33.0 Å². The molecule has 0 aromatic heterocycles. The number of hydrogen-bond acceptors (Lipinski definition) is 9. The number of rotatable bonds is 29. The molecule has 0 aromatic carbocycles. The zero-order valence-corrected chi connectivity index (χ0v) is 32.8. The SMILES string of the molecule is CCCCCOOC(OCCC(C)C)(OC(C)(C)C)C(C)(C(OCCC)OC(C)C)C(OCCCC)(OCC(C)C)OC(C)CC. The molecule has 5 unspecified atom stereocenters. The van der Waals surface area contributed by atoms with Gasteiger partial charge in [-0.15, -0.1) is 0 Å². The van der Waals surface area contributed by atoms with E-state index in [4.69, 9.17) is 42.9 Å². The van der Waals surface area contributed by atoms with Crippen molar-refractivity contribution in [3.63, 3.8) is 0 Å². The largest absolute Gasteiger partial charge is 0.351 e. The van der Waals surface area contributed by atoms with E-state index in [0.29, 0.717) is 45.4 Å². The fourth-order valence-corrected chi connectivity index (χ4v) is 4.57. The Morgan fingerprint density at radius 2 is 1.24 bits per heavy atom. The smallest absolute Gasteiger partial charge is 0.331 e. The van der Waals surface area contributed by atoms with E-state index in [9.17, 15) is 0 Å². The monoisotopic (exact) mass is 665 g/mol. The summed E-state index contributed by atoms with van der Waals surface area (Å²) in [6.07, 6.45) is 5.25. The van der Waals surface area contributed by atoms with Crippen LogP contribution in [0.2, 0.25) is 0 Å². The molecule has 0 amide bonds. The lowest BCUT2D eigenvalue weighted by Gasteiger charge is -2.57. The maximum Gasteiger partial charge on any atom is 0.331 e. The number of hydrogen-bond donors (Lipinski definition) is 0. The highest BCUT2D eigenvalue weighted by Gasteiger charge is 2.74. The molecule has 5 atom stereocenters. The van der Waals surface area contributed by atoms with Crippen molar-refractivity contribution in [3.05, 3.63) is 0 Å². The second-order valence-corrected chi connectivity index (χ2v) is 14.8. The molecule has 46 heavy (non-hydrogen) atoms. The molecule has 0 saturated heterocycles. The lowest BCUT2D eigenvalue weighted by Crippen LogP contribution is -2.73. The van der Waals surface area contributed by atoms with Crippen molar-refractivity contribution in [1.82, 2.24) is 0 Å². The van der Waals surface area contributed by atoms with Crippen LogP contribution in [0, 0.1) is 17.3 Å². The highest BCUT2D eigenvalue weighted by molar-refractivity contribution is 4.99. The van der Waals surface area contributed by atoms with Gasteiger partial charge in [0.1, 0.15) is 0 Å². The van der Waals surface area contributed by atoms with Gasteiger partial charge in [-0.05, 0) is 92.4 Å². The van der Waals surface area contributed by atoms with Gasteiger partial charge in [0.2, 0.25) is 0 Å². The van der Waals surface area contributed by atoms with Crippen LogP contribution in [0.3, 0.4) is 0 Å². The van der Waals surface area contributed by atoms with Gasteiger partial charge in [0.05, 0.1) is 44.2 Å². The van der Waals surface area contributed by atoms with Crippen LogP contribution >= 0.6 is 0 Å². The summed E-state index contributed by atoms with van der Waals surface area (Å²) >= 11 is 0. The van der Waals surface area contributed by atoms with E-state index in [0.717, 1.165) is 44.9 Å². The number of ether oxygens (including phenoxy) is 7. The molecular formula is C37H76O9. The van der Waals surface area contributed by atoms with Gasteiger partial charge in [0.25, 0.3) is 0 Å². The van der Waals surface area contributed by atoms with E-state index in [-0.39, 0.29) is 18.1 Å². The minimum atomic E-state index is -1.96. The van der Waals surface area contributed by atoms with Crippen molar-refractivity contribution < 1.29 is 42.9 Å². The van der Waals surface area contributed by atoms with Crippen molar-refractivity contribution >= 4 is 0 Å². The summed E-state index contributed by atoms with van der Waals surface area (Å²) in [6.45, 7) is 32.4. The molecule has 0 aliphatic carbocycles. The van der Waals surface area contributed by atoms with Crippen molar-refractivity contribution in [3.8, 4) is 0 Å². The first-order valence-electron chi connectivity index (χ1n) is 18.4. The molecule has 9 nitrogen and oxygen atoms in total. The fraction of sp³-hybridized carbons (Fsp3) is 1.00. The van der Waals surface area contributed by atoms with E-state index in [1.54, 1.807) is 0 Å². The van der Waals surface area contributed by atoms with Gasteiger partial charge in [-0.1, -0.05) is 74.7 Å². The normalized spacial score (nSPS) is 18.1. The quantitative estimate of drug-likeness (QED) is 0.0336. The Morgan fingerprint density at radius 3 is 1.74 bits per heavy atom. The molecule has 0 bridgehead atoms. The molecule has 9 heteroatoms. The maximum atomic E-state index is 6.99. The fourth-order valence-electron chi connectivity index (χ4n) is 4.57. The van der Waals surface area contributed by atoms with Gasteiger partial charge >= 0.3 is 11.9 Å². The minimum absolute atomic E-state index is 0.158. The number of unbranched alkanes of at least 4 members (excludes halogenated alkanes) is 3. The maximum absolute atomic E-state index is 6.99. The van der Waals surface area contributed by atoms with Gasteiger partial charge in [0, 0.05) is 6.61 Å². The third-order valence-corrected chi connectivity index (χ3v) is 7.37. The Labute approximate surface area is 284 Å². The molecule has 0 aliphatic heterocycles. The highest BCUT2D eigenvalue weighted by atomic mass is 17.3. The summed E-state index contributed by atoms with van der Waals surface area (Å²) in [5.74, 6) is -3.24. The van der Waals surface area contributed by atoms with E-state index < -0.39 is 29.3 Å². The zero-order chi connectivity index (χ0) is 35.4. The van der Waals surface area contributed by atoms with E-state index >= 15 is 0 Å². The standard InChI is InChI=1S/C37H76O9/c1-16-20-22-26-42-46-37(45-34(12,13)14,40-27-23-29(5)6)35(15,33(38-24-18-3)43-31(9)10)36(39-25-21-17-2,41-28-30(7)8)44-32(11)19-4/h29-33H,16-28H2,1-15H3. The van der Waals surface area contributed by atoms with Crippen LogP contribution in [0.15, 0.2) is 0 Å². The lowest BCUT2D eigenvalue weighted by molar-refractivity contribution is -0.608. The Bertz CT molecular complexity index is 741. The molecule has 0 N–H and O–H groups in total. The third kappa shape index (κ3) is 15.5. The van der Waals surface area contributed by atoms with Crippen LogP contribution in [-0.2, 0) is 42.9 Å². The Kier molecular flexibility index (Phi) is 22.9. The first kappa shape index (κ1) is 45.6.